The van der Waals surface area contributed by atoms with Crippen molar-refractivity contribution in [3.8, 4) is 17.5 Å². The number of rotatable bonds is 5. The summed E-state index contributed by atoms with van der Waals surface area (Å²) in [6.45, 7) is 0. The molecule has 6 nitrogen and oxygen atoms in total. The van der Waals surface area contributed by atoms with E-state index in [-0.39, 0.29) is 11.2 Å². The van der Waals surface area contributed by atoms with Crippen LogP contribution in [-0.4, -0.2) is 20.7 Å². The molecular formula is C16H12ClN5OS. The third-order valence-corrected chi connectivity index (χ3v) is 4.31. The van der Waals surface area contributed by atoms with Crippen molar-refractivity contribution in [1.82, 2.24) is 15.0 Å². The van der Waals surface area contributed by atoms with Gasteiger partial charge in [-0.05, 0) is 42.3 Å². The zero-order chi connectivity index (χ0) is 16.9. The first kappa shape index (κ1) is 16.3. The zero-order valence-electron chi connectivity index (χ0n) is 12.4. The van der Waals surface area contributed by atoms with Gasteiger partial charge in [-0.1, -0.05) is 6.07 Å². The lowest BCUT2D eigenvalue weighted by Crippen LogP contribution is -2.03. The Hall–Kier alpha value is -2.56. The van der Waals surface area contributed by atoms with Crippen LogP contribution in [-0.2, 0) is 6.42 Å². The Morgan fingerprint density at radius 3 is 2.79 bits per heavy atom. The van der Waals surface area contributed by atoms with Crippen LogP contribution in [0.2, 0.25) is 5.22 Å². The quantitative estimate of drug-likeness (QED) is 0.550. The monoisotopic (exact) mass is 357 g/mol. The van der Waals surface area contributed by atoms with Gasteiger partial charge < -0.3 is 10.2 Å². The number of nitriles is 1. The maximum Gasteiger partial charge on any atom is 0.221 e. The van der Waals surface area contributed by atoms with E-state index in [0.717, 1.165) is 12.1 Å². The fraction of sp³-hybridized carbons (Fsp3) is 0.125. The fourth-order valence-corrected chi connectivity index (χ4v) is 3.18. The fourth-order valence-electron chi connectivity index (χ4n) is 2.08. The van der Waals surface area contributed by atoms with Gasteiger partial charge in [0.2, 0.25) is 5.95 Å². The molecule has 0 aromatic carbocycles. The van der Waals surface area contributed by atoms with Crippen molar-refractivity contribution in [2.45, 2.75) is 11.4 Å². The molecule has 0 amide bonds. The lowest BCUT2D eigenvalue weighted by Gasteiger charge is -2.07. The van der Waals surface area contributed by atoms with E-state index >= 15 is 0 Å². The Labute approximate surface area is 147 Å². The number of pyridine rings is 1. The largest absolute Gasteiger partial charge is 0.443 e. The number of furan rings is 1. The number of hydrogen-bond donors (Lipinski definition) is 1. The summed E-state index contributed by atoms with van der Waals surface area (Å²) < 4.78 is 5.35. The highest BCUT2D eigenvalue weighted by Crippen LogP contribution is 2.31. The first-order chi connectivity index (χ1) is 11.7. The highest BCUT2D eigenvalue weighted by atomic mass is 35.5. The number of aromatic nitrogens is 3. The molecule has 0 bridgehead atoms. The van der Waals surface area contributed by atoms with Crippen molar-refractivity contribution in [2.24, 2.45) is 0 Å². The van der Waals surface area contributed by atoms with Gasteiger partial charge in [0.15, 0.2) is 11.0 Å². The molecule has 0 saturated carbocycles. The molecule has 120 valence electrons. The van der Waals surface area contributed by atoms with E-state index in [0.29, 0.717) is 27.8 Å². The van der Waals surface area contributed by atoms with Gasteiger partial charge in [0, 0.05) is 17.6 Å². The van der Waals surface area contributed by atoms with Crippen LogP contribution in [0.1, 0.15) is 11.3 Å². The Kier molecular flexibility index (Phi) is 4.99. The molecule has 8 heteroatoms. The zero-order valence-corrected chi connectivity index (χ0v) is 14.0. The normalized spacial score (nSPS) is 10.5. The van der Waals surface area contributed by atoms with Crippen molar-refractivity contribution >= 4 is 29.3 Å². The van der Waals surface area contributed by atoms with Crippen LogP contribution in [0.4, 0.5) is 5.95 Å². The summed E-state index contributed by atoms with van der Waals surface area (Å²) >= 11 is 7.23. The molecule has 3 aromatic rings. The molecule has 24 heavy (non-hydrogen) atoms. The summed E-state index contributed by atoms with van der Waals surface area (Å²) in [5, 5.41) is 10.2. The van der Waals surface area contributed by atoms with Gasteiger partial charge in [0.25, 0.3) is 0 Å². The van der Waals surface area contributed by atoms with Crippen LogP contribution in [0.15, 0.2) is 46.0 Å². The number of anilines is 1. The van der Waals surface area contributed by atoms with Crippen LogP contribution >= 0.6 is 23.4 Å². The number of aryl methyl sites for hydroxylation is 1. The molecule has 0 unspecified atom stereocenters. The minimum Gasteiger partial charge on any atom is -0.443 e. The summed E-state index contributed by atoms with van der Waals surface area (Å²) in [6, 6.07) is 11.1. The van der Waals surface area contributed by atoms with E-state index in [1.165, 1.54) is 11.8 Å². The average molecular weight is 358 g/mol. The van der Waals surface area contributed by atoms with Crippen molar-refractivity contribution < 1.29 is 4.42 Å². The first-order valence-corrected chi connectivity index (χ1v) is 8.40. The molecule has 0 spiro atoms. The SMILES string of the molecule is N#Cc1c(SCCc2ccccn2)nc(N)nc1-c1ccc(Cl)o1. The van der Waals surface area contributed by atoms with Crippen molar-refractivity contribution in [3.63, 3.8) is 0 Å². The predicted molar refractivity (Wildman–Crippen MR) is 92.5 cm³/mol. The van der Waals surface area contributed by atoms with Gasteiger partial charge in [-0.25, -0.2) is 9.97 Å². The molecule has 0 radical (unpaired) electrons. The maximum atomic E-state index is 9.50. The molecule has 3 heterocycles. The summed E-state index contributed by atoms with van der Waals surface area (Å²) in [7, 11) is 0. The summed E-state index contributed by atoms with van der Waals surface area (Å²) in [5.41, 5.74) is 7.42. The van der Waals surface area contributed by atoms with E-state index in [4.69, 9.17) is 21.8 Å². The lowest BCUT2D eigenvalue weighted by molar-refractivity contribution is 0.581. The number of nitrogen functional groups attached to an aromatic ring is 1. The molecule has 0 aliphatic carbocycles. The van der Waals surface area contributed by atoms with E-state index < -0.39 is 0 Å². The lowest BCUT2D eigenvalue weighted by atomic mass is 10.2. The molecule has 0 aliphatic heterocycles. The summed E-state index contributed by atoms with van der Waals surface area (Å²) in [4.78, 5) is 12.6. The molecular weight excluding hydrogens is 346 g/mol. The third-order valence-electron chi connectivity index (χ3n) is 3.13. The van der Waals surface area contributed by atoms with Gasteiger partial charge >= 0.3 is 0 Å². The molecule has 0 atom stereocenters. The Bertz CT molecular complexity index is 891. The number of nitrogens with two attached hydrogens (primary N) is 1. The third kappa shape index (κ3) is 3.67. The van der Waals surface area contributed by atoms with Crippen LogP contribution in [0.5, 0.6) is 0 Å². The van der Waals surface area contributed by atoms with E-state index in [2.05, 4.69) is 21.0 Å². The van der Waals surface area contributed by atoms with E-state index in [1.54, 1.807) is 18.3 Å². The van der Waals surface area contributed by atoms with Gasteiger partial charge in [-0.2, -0.15) is 5.26 Å². The highest BCUT2D eigenvalue weighted by molar-refractivity contribution is 7.99. The minimum atomic E-state index is 0.0804. The highest BCUT2D eigenvalue weighted by Gasteiger charge is 2.18. The molecule has 0 saturated heterocycles. The number of halogens is 1. The van der Waals surface area contributed by atoms with E-state index in [9.17, 15) is 5.26 Å². The van der Waals surface area contributed by atoms with Crippen molar-refractivity contribution in [1.29, 1.82) is 5.26 Å². The molecule has 0 fully saturated rings. The smallest absolute Gasteiger partial charge is 0.221 e. The van der Waals surface area contributed by atoms with Gasteiger partial charge in [-0.15, -0.1) is 11.8 Å². The molecule has 0 aliphatic rings. The van der Waals surface area contributed by atoms with Crippen LogP contribution < -0.4 is 5.73 Å². The van der Waals surface area contributed by atoms with Crippen LogP contribution in [0.25, 0.3) is 11.5 Å². The molecule has 3 rings (SSSR count). The predicted octanol–water partition coefficient (Wildman–Crippen LogP) is 3.57. The average Bonchev–Trinajstić information content (AvgIpc) is 3.02. The second-order valence-electron chi connectivity index (χ2n) is 4.75. The molecule has 3 aromatic heterocycles. The number of nitrogens with zero attached hydrogens (tertiary/aromatic N) is 4. The minimum absolute atomic E-state index is 0.0804. The Morgan fingerprint density at radius 2 is 2.12 bits per heavy atom. The molecule has 2 N–H and O–H groups in total. The van der Waals surface area contributed by atoms with E-state index in [1.807, 2.05) is 18.2 Å². The first-order valence-electron chi connectivity index (χ1n) is 7.03. The standard InChI is InChI=1S/C16H12ClN5OS/c17-13-5-4-12(23-13)14-11(9-18)15(22-16(19)21-14)24-8-6-10-3-1-2-7-20-10/h1-5,7H,6,8H2,(H2,19,21,22). The summed E-state index contributed by atoms with van der Waals surface area (Å²) in [5.74, 6) is 1.18. The maximum absolute atomic E-state index is 9.50. The second kappa shape index (κ2) is 7.34. The summed E-state index contributed by atoms with van der Waals surface area (Å²) in [6.07, 6.45) is 2.50. The van der Waals surface area contributed by atoms with Crippen molar-refractivity contribution in [3.05, 3.63) is 53.0 Å². The van der Waals surface area contributed by atoms with Crippen LogP contribution in [0.3, 0.4) is 0 Å². The Morgan fingerprint density at radius 1 is 1.25 bits per heavy atom. The van der Waals surface area contributed by atoms with Gasteiger partial charge in [0.05, 0.1) is 0 Å². The van der Waals surface area contributed by atoms with Crippen molar-refractivity contribution in [2.75, 3.05) is 11.5 Å². The second-order valence-corrected chi connectivity index (χ2v) is 6.20. The van der Waals surface area contributed by atoms with Crippen LogP contribution in [0, 0.1) is 11.3 Å². The number of thioether (sulfide) groups is 1. The topological polar surface area (TPSA) is 102 Å². The Balaban J connectivity index is 1.85. The number of hydrogen-bond acceptors (Lipinski definition) is 7. The van der Waals surface area contributed by atoms with Gasteiger partial charge in [0.1, 0.15) is 22.4 Å². The van der Waals surface area contributed by atoms with Gasteiger partial charge in [-0.3, -0.25) is 4.98 Å².